The molecule has 0 bridgehead atoms. The summed E-state index contributed by atoms with van der Waals surface area (Å²) in [5, 5.41) is 10.5. The van der Waals surface area contributed by atoms with E-state index in [4.69, 9.17) is 30.9 Å². The van der Waals surface area contributed by atoms with Gasteiger partial charge in [0.1, 0.15) is 18.0 Å². The van der Waals surface area contributed by atoms with Crippen molar-refractivity contribution in [3.63, 3.8) is 0 Å². The Hall–Kier alpha value is -3.84. The lowest BCUT2D eigenvalue weighted by atomic mass is 10.0. The topological polar surface area (TPSA) is 177 Å². The Labute approximate surface area is 259 Å². The fourth-order valence-electron chi connectivity index (χ4n) is 4.12. The van der Waals surface area contributed by atoms with Crippen LogP contribution in [0, 0.1) is 0 Å². The molecule has 0 saturated carbocycles. The van der Waals surface area contributed by atoms with Crippen molar-refractivity contribution in [3.05, 3.63) is 71.6 Å². The molecule has 4 aromatic rings. The number of fused-ring (bicyclic) bond motifs is 1. The number of phosphoric ester groups is 1. The number of pyridine rings is 1. The van der Waals surface area contributed by atoms with Gasteiger partial charge in [-0.25, -0.2) is 19.5 Å². The summed E-state index contributed by atoms with van der Waals surface area (Å²) in [6.07, 6.45) is 4.11. The molecule has 234 valence electrons. The summed E-state index contributed by atoms with van der Waals surface area (Å²) in [5.74, 6) is 1.63. The quantitative estimate of drug-likeness (QED) is 0.0832. The predicted molar refractivity (Wildman–Crippen MR) is 168 cm³/mol. The third kappa shape index (κ3) is 9.84. The monoisotopic (exact) mass is 644 g/mol. The summed E-state index contributed by atoms with van der Waals surface area (Å²) in [6.45, 7) is 4.82. The van der Waals surface area contributed by atoms with Gasteiger partial charge in [-0.05, 0) is 69.6 Å². The number of aromatic nitrogens is 3. The fourth-order valence-corrected chi connectivity index (χ4v) is 4.64. The number of rotatable bonds is 15. The molecule has 0 saturated heterocycles. The summed E-state index contributed by atoms with van der Waals surface area (Å²) in [7, 11) is -2.93. The van der Waals surface area contributed by atoms with Gasteiger partial charge in [0, 0.05) is 27.6 Å². The van der Waals surface area contributed by atoms with Crippen molar-refractivity contribution < 1.29 is 33.1 Å². The van der Waals surface area contributed by atoms with Crippen molar-refractivity contribution in [1.82, 2.24) is 20.3 Å². The predicted octanol–water partition coefficient (Wildman–Crippen LogP) is 5.32. The second-order valence-corrected chi connectivity index (χ2v) is 12.0. The molecule has 13 nitrogen and oxygen atoms in total. The highest BCUT2D eigenvalue weighted by Gasteiger charge is 2.20. The van der Waals surface area contributed by atoms with Crippen molar-refractivity contribution in [2.75, 3.05) is 37.5 Å². The van der Waals surface area contributed by atoms with Crippen LogP contribution in [0.15, 0.2) is 61.1 Å². The Bertz CT molecular complexity index is 1630. The Balaban J connectivity index is 1.34. The first-order chi connectivity index (χ1) is 20.9. The van der Waals surface area contributed by atoms with Gasteiger partial charge in [-0.15, -0.1) is 0 Å². The molecule has 0 fully saturated rings. The largest absolute Gasteiger partial charge is 0.493 e. The first-order valence-electron chi connectivity index (χ1n) is 13.6. The Morgan fingerprint density at radius 1 is 1.05 bits per heavy atom. The third-order valence-electron chi connectivity index (χ3n) is 6.44. The molecule has 1 amide bonds. The maximum absolute atomic E-state index is 12.5. The van der Waals surface area contributed by atoms with Gasteiger partial charge in [0.25, 0.3) is 5.91 Å². The van der Waals surface area contributed by atoms with Crippen LogP contribution >= 0.6 is 19.4 Å². The number of nitrogens with zero attached hydrogens (tertiary/aromatic N) is 3. The van der Waals surface area contributed by atoms with Gasteiger partial charge >= 0.3 is 7.82 Å². The average molecular weight is 645 g/mol. The number of halogens is 1. The van der Waals surface area contributed by atoms with E-state index in [0.717, 1.165) is 0 Å². The molecule has 0 unspecified atom stereocenters. The standard InChI is InChI=1S/C29H34ClN6O7P/c1-29(2,10-13-43-44(38,39)40)34-11-5-12-42-25-16-23-22(15-24(25)41-3)27(33-18-32-23)35-21-8-9-26(31-17-21)36-28(37)19-6-4-7-20(30)14-19/h4,6-9,14-18,34H,5,10-13H2,1-3H3,(H,31,36,37)(H,32,33,35)(H2,38,39,40). The molecule has 44 heavy (non-hydrogen) atoms. The summed E-state index contributed by atoms with van der Waals surface area (Å²) in [5.41, 5.74) is 1.34. The van der Waals surface area contributed by atoms with Gasteiger partial charge in [-0.3, -0.25) is 9.32 Å². The molecule has 0 aliphatic carbocycles. The number of benzene rings is 2. The van der Waals surface area contributed by atoms with Gasteiger partial charge in [-0.1, -0.05) is 17.7 Å². The number of anilines is 3. The van der Waals surface area contributed by atoms with Gasteiger partial charge in [-0.2, -0.15) is 0 Å². The fraction of sp³-hybridized carbons (Fsp3) is 0.310. The zero-order valence-electron chi connectivity index (χ0n) is 24.4. The van der Waals surface area contributed by atoms with E-state index in [9.17, 15) is 9.36 Å². The molecule has 0 aliphatic heterocycles. The number of hydrogen-bond donors (Lipinski definition) is 5. The van der Waals surface area contributed by atoms with Gasteiger partial charge in [0.15, 0.2) is 11.5 Å². The lowest BCUT2D eigenvalue weighted by Gasteiger charge is -2.26. The Morgan fingerprint density at radius 3 is 2.57 bits per heavy atom. The third-order valence-corrected chi connectivity index (χ3v) is 7.20. The van der Waals surface area contributed by atoms with E-state index in [-0.39, 0.29) is 18.1 Å². The second-order valence-electron chi connectivity index (χ2n) is 10.4. The van der Waals surface area contributed by atoms with E-state index >= 15 is 0 Å². The van der Waals surface area contributed by atoms with E-state index in [0.29, 0.717) is 76.3 Å². The van der Waals surface area contributed by atoms with Crippen LogP contribution in [-0.4, -0.2) is 63.1 Å². The van der Waals surface area contributed by atoms with Crippen LogP contribution in [-0.2, 0) is 9.09 Å². The highest BCUT2D eigenvalue weighted by atomic mass is 35.5. The van der Waals surface area contributed by atoms with E-state index in [1.165, 1.54) is 6.33 Å². The van der Waals surface area contributed by atoms with Crippen molar-refractivity contribution in [2.45, 2.75) is 32.2 Å². The van der Waals surface area contributed by atoms with Crippen LogP contribution in [0.5, 0.6) is 11.5 Å². The number of hydrogen-bond acceptors (Lipinski definition) is 10. The number of carbonyl (C=O) groups is 1. The van der Waals surface area contributed by atoms with Crippen LogP contribution in [0.1, 0.15) is 37.0 Å². The summed E-state index contributed by atoms with van der Waals surface area (Å²) < 4.78 is 27.0. The lowest BCUT2D eigenvalue weighted by molar-refractivity contribution is 0.102. The smallest absolute Gasteiger partial charge is 0.469 e. The van der Waals surface area contributed by atoms with Crippen molar-refractivity contribution in [1.29, 1.82) is 0 Å². The molecule has 2 aromatic heterocycles. The minimum atomic E-state index is -4.48. The number of phosphoric acid groups is 1. The molecule has 0 radical (unpaired) electrons. The minimum absolute atomic E-state index is 0.0569. The molecule has 2 aromatic carbocycles. The molecule has 2 heterocycles. The number of carbonyl (C=O) groups excluding carboxylic acids is 1. The van der Waals surface area contributed by atoms with Gasteiger partial charge in [0.05, 0.1) is 37.7 Å². The number of amides is 1. The maximum Gasteiger partial charge on any atom is 0.469 e. The van der Waals surface area contributed by atoms with Gasteiger partial charge < -0.3 is 35.2 Å². The van der Waals surface area contributed by atoms with E-state index < -0.39 is 7.82 Å². The second kappa shape index (κ2) is 14.8. The minimum Gasteiger partial charge on any atom is -0.493 e. The average Bonchev–Trinajstić information content (AvgIpc) is 2.97. The summed E-state index contributed by atoms with van der Waals surface area (Å²) in [6, 6.07) is 13.7. The van der Waals surface area contributed by atoms with Crippen molar-refractivity contribution in [2.24, 2.45) is 0 Å². The summed E-state index contributed by atoms with van der Waals surface area (Å²) in [4.78, 5) is 43.3. The normalized spacial score (nSPS) is 11.8. The number of methoxy groups -OCH3 is 1. The zero-order chi connectivity index (χ0) is 31.7. The van der Waals surface area contributed by atoms with Crippen LogP contribution in [0.3, 0.4) is 0 Å². The lowest BCUT2D eigenvalue weighted by Crippen LogP contribution is -2.41. The van der Waals surface area contributed by atoms with Gasteiger partial charge in [0.2, 0.25) is 0 Å². The Morgan fingerprint density at radius 2 is 1.86 bits per heavy atom. The van der Waals surface area contributed by atoms with E-state index in [2.05, 4.69) is 35.4 Å². The molecule has 0 aliphatic rings. The molecule has 15 heteroatoms. The molecular formula is C29H34ClN6O7P. The first kappa shape index (κ1) is 33.1. The van der Waals surface area contributed by atoms with Crippen molar-refractivity contribution in [3.8, 4) is 11.5 Å². The van der Waals surface area contributed by atoms with Crippen LogP contribution in [0.25, 0.3) is 10.9 Å². The molecule has 5 N–H and O–H groups in total. The van der Waals surface area contributed by atoms with Crippen LogP contribution < -0.4 is 25.4 Å². The summed E-state index contributed by atoms with van der Waals surface area (Å²) >= 11 is 5.98. The van der Waals surface area contributed by atoms with Crippen molar-refractivity contribution >= 4 is 53.6 Å². The number of ether oxygens (including phenoxy) is 2. The first-order valence-corrected chi connectivity index (χ1v) is 15.5. The van der Waals surface area contributed by atoms with E-state index in [1.54, 1.807) is 61.8 Å². The Kier molecular flexibility index (Phi) is 11.1. The SMILES string of the molecule is COc1cc2c(Nc3ccc(NC(=O)c4cccc(Cl)c4)nc3)ncnc2cc1OCCCNC(C)(C)CCOP(=O)(O)O. The molecule has 0 atom stereocenters. The highest BCUT2D eigenvalue weighted by Crippen LogP contribution is 2.36. The zero-order valence-corrected chi connectivity index (χ0v) is 26.1. The number of nitrogens with one attached hydrogen (secondary N) is 3. The maximum atomic E-state index is 12.5. The van der Waals surface area contributed by atoms with Crippen LogP contribution in [0.4, 0.5) is 17.3 Å². The molecule has 0 spiro atoms. The van der Waals surface area contributed by atoms with E-state index in [1.807, 2.05) is 13.8 Å². The highest BCUT2D eigenvalue weighted by molar-refractivity contribution is 7.46. The molecular weight excluding hydrogens is 611 g/mol. The van der Waals surface area contributed by atoms with Crippen LogP contribution in [0.2, 0.25) is 5.02 Å². The molecule has 4 rings (SSSR count).